The van der Waals surface area contributed by atoms with Crippen LogP contribution in [0.3, 0.4) is 0 Å². The fourth-order valence-corrected chi connectivity index (χ4v) is 1.17. The van der Waals surface area contributed by atoms with Crippen LogP contribution in [-0.2, 0) is 16.1 Å². The minimum Gasteiger partial charge on any atom is -0.461 e. The molecule has 0 atom stereocenters. The van der Waals surface area contributed by atoms with E-state index in [1.807, 2.05) is 13.8 Å². The van der Waals surface area contributed by atoms with Crippen LogP contribution in [0.4, 0.5) is 5.82 Å². The molecule has 0 bridgehead atoms. The fourth-order valence-electron chi connectivity index (χ4n) is 0.959. The van der Waals surface area contributed by atoms with Gasteiger partial charge in [0.25, 0.3) is 6.47 Å². The number of hydrogen-bond donors (Lipinski definition) is 1. The molecule has 15 heavy (non-hydrogen) atoms. The zero-order chi connectivity index (χ0) is 11.3. The van der Waals surface area contributed by atoms with Crippen molar-refractivity contribution in [2.24, 2.45) is 0 Å². The molecule has 0 unspecified atom stereocenters. The summed E-state index contributed by atoms with van der Waals surface area (Å²) in [5.41, 5.74) is 0.515. The third-order valence-electron chi connectivity index (χ3n) is 1.50. The zero-order valence-electron chi connectivity index (χ0n) is 8.53. The van der Waals surface area contributed by atoms with E-state index in [0.29, 0.717) is 18.0 Å². The first kappa shape index (κ1) is 11.7. The van der Waals surface area contributed by atoms with E-state index >= 15 is 0 Å². The maximum absolute atomic E-state index is 9.96. The predicted molar refractivity (Wildman–Crippen MR) is 56.7 cm³/mol. The van der Waals surface area contributed by atoms with Crippen LogP contribution in [0.25, 0.3) is 0 Å². The number of nitrogens with zero attached hydrogens (tertiary/aromatic N) is 2. The predicted octanol–water partition coefficient (Wildman–Crippen LogP) is 1.62. The molecule has 0 aliphatic heterocycles. The highest BCUT2D eigenvalue weighted by Crippen LogP contribution is 2.17. The Kier molecular flexibility index (Phi) is 4.30. The zero-order valence-corrected chi connectivity index (χ0v) is 9.28. The quantitative estimate of drug-likeness (QED) is 0.778. The third kappa shape index (κ3) is 3.71. The molecule has 0 saturated heterocycles. The van der Waals surface area contributed by atoms with Crippen LogP contribution in [0.15, 0.2) is 6.20 Å². The van der Waals surface area contributed by atoms with Crippen LogP contribution >= 0.6 is 11.6 Å². The first-order chi connectivity index (χ1) is 7.13. The summed E-state index contributed by atoms with van der Waals surface area (Å²) in [6.45, 7) is 4.39. The first-order valence-corrected chi connectivity index (χ1v) is 4.84. The fraction of sp³-hybridized carbons (Fsp3) is 0.444. The molecular weight excluding hydrogens is 218 g/mol. The van der Waals surface area contributed by atoms with Crippen molar-refractivity contribution in [2.75, 3.05) is 5.32 Å². The molecule has 5 nitrogen and oxygen atoms in total. The van der Waals surface area contributed by atoms with E-state index in [-0.39, 0.29) is 17.8 Å². The Morgan fingerprint density at radius 1 is 1.67 bits per heavy atom. The highest BCUT2D eigenvalue weighted by molar-refractivity contribution is 6.31. The summed E-state index contributed by atoms with van der Waals surface area (Å²) in [6.07, 6.45) is 1.51. The number of carbonyl (C=O) groups is 1. The van der Waals surface area contributed by atoms with Crippen LogP contribution in [0.1, 0.15) is 19.5 Å². The third-order valence-corrected chi connectivity index (χ3v) is 1.77. The van der Waals surface area contributed by atoms with Crippen molar-refractivity contribution in [2.45, 2.75) is 26.5 Å². The molecule has 0 aliphatic carbocycles. The van der Waals surface area contributed by atoms with Gasteiger partial charge in [0.15, 0.2) is 11.0 Å². The maximum atomic E-state index is 9.96. The van der Waals surface area contributed by atoms with E-state index in [0.717, 1.165) is 0 Å². The molecule has 6 heteroatoms. The van der Waals surface area contributed by atoms with E-state index in [4.69, 9.17) is 11.6 Å². The van der Waals surface area contributed by atoms with Gasteiger partial charge >= 0.3 is 0 Å². The molecule has 1 rings (SSSR count). The van der Waals surface area contributed by atoms with Gasteiger partial charge in [-0.05, 0) is 13.8 Å². The summed E-state index contributed by atoms with van der Waals surface area (Å²) in [6, 6.07) is 0.230. The number of rotatable bonds is 5. The van der Waals surface area contributed by atoms with Gasteiger partial charge in [-0.2, -0.15) is 0 Å². The SMILES string of the molecule is CC(C)Nc1ncc(COC=O)nc1Cl. The summed E-state index contributed by atoms with van der Waals surface area (Å²) in [4.78, 5) is 18.0. The lowest BCUT2D eigenvalue weighted by atomic mass is 10.4. The number of ether oxygens (including phenoxy) is 1. The average molecular weight is 230 g/mol. The van der Waals surface area contributed by atoms with Crippen molar-refractivity contribution in [3.8, 4) is 0 Å². The van der Waals surface area contributed by atoms with Crippen molar-refractivity contribution in [1.29, 1.82) is 0 Å². The van der Waals surface area contributed by atoms with Crippen molar-refractivity contribution < 1.29 is 9.53 Å². The van der Waals surface area contributed by atoms with Crippen molar-refractivity contribution >= 4 is 23.9 Å². The Bertz CT molecular complexity index is 344. The molecule has 0 fully saturated rings. The van der Waals surface area contributed by atoms with Gasteiger partial charge in [-0.1, -0.05) is 11.6 Å². The Labute approximate surface area is 92.8 Å². The Morgan fingerprint density at radius 2 is 2.40 bits per heavy atom. The van der Waals surface area contributed by atoms with Gasteiger partial charge in [-0.3, -0.25) is 4.79 Å². The largest absolute Gasteiger partial charge is 0.461 e. The van der Waals surface area contributed by atoms with E-state index in [2.05, 4.69) is 20.0 Å². The van der Waals surface area contributed by atoms with Crippen LogP contribution in [-0.4, -0.2) is 22.5 Å². The normalized spacial score (nSPS) is 10.1. The van der Waals surface area contributed by atoms with Crippen LogP contribution in [0.5, 0.6) is 0 Å². The van der Waals surface area contributed by atoms with Gasteiger partial charge in [-0.25, -0.2) is 9.97 Å². The van der Waals surface area contributed by atoms with Crippen LogP contribution in [0.2, 0.25) is 5.15 Å². The van der Waals surface area contributed by atoms with E-state index in [1.165, 1.54) is 6.20 Å². The summed E-state index contributed by atoms with van der Waals surface area (Å²) < 4.78 is 4.53. The smallest absolute Gasteiger partial charge is 0.293 e. The standard InChI is InChI=1S/C9H12ClN3O2/c1-6(2)12-9-8(10)13-7(3-11-9)4-15-5-14/h3,5-6H,4H2,1-2H3,(H,11,12). The molecule has 1 N–H and O–H groups in total. The Morgan fingerprint density at radius 3 is 2.93 bits per heavy atom. The molecule has 0 aromatic carbocycles. The highest BCUT2D eigenvalue weighted by atomic mass is 35.5. The molecule has 0 saturated carbocycles. The molecule has 82 valence electrons. The molecule has 1 aromatic heterocycles. The first-order valence-electron chi connectivity index (χ1n) is 4.46. The van der Waals surface area contributed by atoms with Gasteiger partial charge in [0.2, 0.25) is 0 Å². The molecule has 0 aliphatic rings. The molecular formula is C9H12ClN3O2. The number of halogens is 1. The summed E-state index contributed by atoms with van der Waals surface area (Å²) >= 11 is 5.87. The number of nitrogens with one attached hydrogen (secondary N) is 1. The molecule has 0 radical (unpaired) electrons. The second-order valence-corrected chi connectivity index (χ2v) is 3.57. The topological polar surface area (TPSA) is 64.1 Å². The van der Waals surface area contributed by atoms with E-state index in [1.54, 1.807) is 0 Å². The second-order valence-electron chi connectivity index (χ2n) is 3.21. The van der Waals surface area contributed by atoms with Gasteiger partial charge < -0.3 is 10.1 Å². The minimum absolute atomic E-state index is 0.0815. The van der Waals surface area contributed by atoms with E-state index < -0.39 is 0 Å². The molecule has 0 spiro atoms. The lowest BCUT2D eigenvalue weighted by Crippen LogP contribution is -2.12. The molecule has 1 aromatic rings. The molecule has 0 amide bonds. The van der Waals surface area contributed by atoms with Crippen LogP contribution in [0, 0.1) is 0 Å². The second kappa shape index (κ2) is 5.50. The molecule has 1 heterocycles. The average Bonchev–Trinajstić information content (AvgIpc) is 2.18. The number of carbonyl (C=O) groups excluding carboxylic acids is 1. The monoisotopic (exact) mass is 229 g/mol. The van der Waals surface area contributed by atoms with Crippen molar-refractivity contribution in [1.82, 2.24) is 9.97 Å². The Hall–Kier alpha value is -1.36. The summed E-state index contributed by atoms with van der Waals surface area (Å²) in [5.74, 6) is 0.529. The minimum atomic E-state index is 0.0815. The van der Waals surface area contributed by atoms with Crippen molar-refractivity contribution in [3.05, 3.63) is 17.0 Å². The Balaban J connectivity index is 2.73. The lowest BCUT2D eigenvalue weighted by molar-refractivity contribution is -0.129. The van der Waals surface area contributed by atoms with Gasteiger partial charge in [0.05, 0.1) is 11.9 Å². The van der Waals surface area contributed by atoms with Gasteiger partial charge in [0.1, 0.15) is 6.61 Å². The number of hydrogen-bond acceptors (Lipinski definition) is 5. The van der Waals surface area contributed by atoms with Crippen LogP contribution < -0.4 is 5.32 Å². The summed E-state index contributed by atoms with van der Waals surface area (Å²) in [7, 11) is 0. The number of anilines is 1. The maximum Gasteiger partial charge on any atom is 0.293 e. The lowest BCUT2D eigenvalue weighted by Gasteiger charge is -2.10. The van der Waals surface area contributed by atoms with Gasteiger partial charge in [-0.15, -0.1) is 0 Å². The summed E-state index contributed by atoms with van der Waals surface area (Å²) in [5, 5.41) is 3.31. The highest BCUT2D eigenvalue weighted by Gasteiger charge is 2.06. The van der Waals surface area contributed by atoms with Gasteiger partial charge in [0, 0.05) is 6.04 Å². The number of aromatic nitrogens is 2. The van der Waals surface area contributed by atoms with Crippen molar-refractivity contribution in [3.63, 3.8) is 0 Å². The van der Waals surface area contributed by atoms with E-state index in [9.17, 15) is 4.79 Å².